The van der Waals surface area contributed by atoms with Gasteiger partial charge >= 0.3 is 0 Å². The van der Waals surface area contributed by atoms with E-state index in [0.29, 0.717) is 18.3 Å². The van der Waals surface area contributed by atoms with E-state index >= 15 is 0 Å². The number of hydrogen-bond acceptors (Lipinski definition) is 7. The zero-order valence-electron chi connectivity index (χ0n) is 15.0. The number of aryl methyl sites for hydroxylation is 1. The zero-order valence-corrected chi connectivity index (χ0v) is 15.9. The molecule has 3 rings (SSSR count). The van der Waals surface area contributed by atoms with Crippen LogP contribution in [0.2, 0.25) is 0 Å². The molecule has 0 amide bonds. The van der Waals surface area contributed by atoms with Gasteiger partial charge in [0.25, 0.3) is 0 Å². The van der Waals surface area contributed by atoms with Crippen LogP contribution in [-0.4, -0.2) is 32.0 Å². The maximum Gasteiger partial charge on any atom is 0.239 e. The van der Waals surface area contributed by atoms with Crippen LogP contribution >= 0.6 is 11.8 Å². The lowest BCUT2D eigenvalue weighted by Gasteiger charge is -2.11. The molecule has 0 fully saturated rings. The number of para-hydroxylation sites is 1. The number of benzene rings is 1. The first kappa shape index (κ1) is 18.2. The summed E-state index contributed by atoms with van der Waals surface area (Å²) in [7, 11) is 1.64. The van der Waals surface area contributed by atoms with Crippen molar-refractivity contribution >= 4 is 11.8 Å². The third-order valence-corrected chi connectivity index (χ3v) is 4.87. The Labute approximate surface area is 156 Å². The van der Waals surface area contributed by atoms with E-state index in [1.807, 2.05) is 48.8 Å². The summed E-state index contributed by atoms with van der Waals surface area (Å²) >= 11 is 1.52. The highest BCUT2D eigenvalue weighted by Gasteiger charge is 2.21. The normalized spacial score (nSPS) is 12.1. The Morgan fingerprint density at radius 1 is 1.35 bits per heavy atom. The van der Waals surface area contributed by atoms with Crippen molar-refractivity contribution in [2.24, 2.45) is 0 Å². The van der Waals surface area contributed by atoms with Crippen LogP contribution in [0.3, 0.4) is 0 Å². The quantitative estimate of drug-likeness (QED) is 0.438. The van der Waals surface area contributed by atoms with Gasteiger partial charge in [0.2, 0.25) is 5.89 Å². The molecule has 3 aromatic rings. The maximum atomic E-state index is 5.46. The summed E-state index contributed by atoms with van der Waals surface area (Å²) in [5.74, 6) is 2.77. The van der Waals surface area contributed by atoms with Gasteiger partial charge in [-0.3, -0.25) is 4.57 Å². The van der Waals surface area contributed by atoms with Crippen LogP contribution in [0.4, 0.5) is 0 Å². The molecule has 1 atom stereocenters. The molecule has 2 heterocycles. The van der Waals surface area contributed by atoms with Crippen LogP contribution < -0.4 is 4.74 Å². The minimum absolute atomic E-state index is 0.0407. The van der Waals surface area contributed by atoms with Gasteiger partial charge in [-0.2, -0.15) is 4.98 Å². The molecule has 136 valence electrons. The van der Waals surface area contributed by atoms with Crippen LogP contribution in [-0.2, 0) is 13.0 Å². The van der Waals surface area contributed by atoms with E-state index in [1.54, 1.807) is 7.11 Å². The van der Waals surface area contributed by atoms with Gasteiger partial charge < -0.3 is 9.26 Å². The first-order chi connectivity index (χ1) is 12.7. The molecule has 8 heteroatoms. The molecule has 0 spiro atoms. The molecule has 7 nitrogen and oxygen atoms in total. The Kier molecular flexibility index (Phi) is 5.72. The number of aromatic nitrogens is 5. The van der Waals surface area contributed by atoms with Crippen molar-refractivity contribution < 1.29 is 9.26 Å². The van der Waals surface area contributed by atoms with Crippen molar-refractivity contribution in [3.63, 3.8) is 0 Å². The number of methoxy groups -OCH3 is 1. The van der Waals surface area contributed by atoms with Crippen molar-refractivity contribution in [2.75, 3.05) is 7.11 Å². The van der Waals surface area contributed by atoms with E-state index in [-0.39, 0.29) is 5.25 Å². The van der Waals surface area contributed by atoms with Gasteiger partial charge in [-0.25, -0.2) is 0 Å². The number of ether oxygens (including phenoxy) is 1. The second-order valence-corrected chi connectivity index (χ2v) is 6.88. The summed E-state index contributed by atoms with van der Waals surface area (Å²) in [6.45, 7) is 8.43. The highest BCUT2D eigenvalue weighted by atomic mass is 32.2. The molecule has 0 aliphatic rings. The molecule has 1 aromatic carbocycles. The number of thioether (sulfide) groups is 1. The van der Waals surface area contributed by atoms with Crippen LogP contribution in [0.15, 0.2) is 46.6 Å². The minimum atomic E-state index is -0.0407. The largest absolute Gasteiger partial charge is 0.496 e. The van der Waals surface area contributed by atoms with Gasteiger partial charge in [-0.15, -0.1) is 16.8 Å². The van der Waals surface area contributed by atoms with Gasteiger partial charge in [0.05, 0.1) is 17.9 Å². The van der Waals surface area contributed by atoms with E-state index in [2.05, 4.69) is 26.9 Å². The fourth-order valence-electron chi connectivity index (χ4n) is 2.48. The first-order valence-corrected chi connectivity index (χ1v) is 9.22. The average Bonchev–Trinajstić information content (AvgIpc) is 3.30. The molecule has 0 aliphatic heterocycles. The SMILES string of the molecule is C=CCn1c(SC(C)c2nc(CC)no2)nnc1-c1ccccc1OC. The van der Waals surface area contributed by atoms with Gasteiger partial charge in [-0.05, 0) is 19.1 Å². The molecule has 1 unspecified atom stereocenters. The van der Waals surface area contributed by atoms with Crippen LogP contribution in [0.25, 0.3) is 11.4 Å². The second-order valence-electron chi connectivity index (χ2n) is 5.57. The number of hydrogen-bond donors (Lipinski definition) is 0. The Morgan fingerprint density at radius 3 is 2.85 bits per heavy atom. The molecule has 0 aliphatic carbocycles. The smallest absolute Gasteiger partial charge is 0.239 e. The summed E-state index contributed by atoms with van der Waals surface area (Å²) in [5, 5.41) is 13.4. The molecule has 0 saturated carbocycles. The molecular formula is C18H21N5O2S. The molecule has 0 saturated heterocycles. The average molecular weight is 371 g/mol. The van der Waals surface area contributed by atoms with Crippen molar-refractivity contribution in [2.45, 2.75) is 37.2 Å². The summed E-state index contributed by atoms with van der Waals surface area (Å²) in [6, 6.07) is 7.74. The fraction of sp³-hybridized carbons (Fsp3) is 0.333. The van der Waals surface area contributed by atoms with Gasteiger partial charge in [0.15, 0.2) is 16.8 Å². The number of nitrogens with zero attached hydrogens (tertiary/aromatic N) is 5. The third-order valence-electron chi connectivity index (χ3n) is 3.81. The lowest BCUT2D eigenvalue weighted by molar-refractivity contribution is 0.375. The summed E-state index contributed by atoms with van der Waals surface area (Å²) in [5.41, 5.74) is 0.884. The summed E-state index contributed by atoms with van der Waals surface area (Å²) in [6.07, 6.45) is 2.56. The maximum absolute atomic E-state index is 5.46. The highest BCUT2D eigenvalue weighted by Crippen LogP contribution is 2.36. The van der Waals surface area contributed by atoms with E-state index in [0.717, 1.165) is 28.7 Å². The highest BCUT2D eigenvalue weighted by molar-refractivity contribution is 7.99. The molecule has 2 aromatic heterocycles. The van der Waals surface area contributed by atoms with Crippen molar-refractivity contribution in [1.82, 2.24) is 24.9 Å². The van der Waals surface area contributed by atoms with E-state index in [9.17, 15) is 0 Å². The molecule has 0 bridgehead atoms. The fourth-order valence-corrected chi connectivity index (χ4v) is 3.37. The second kappa shape index (κ2) is 8.18. The van der Waals surface area contributed by atoms with Crippen LogP contribution in [0.5, 0.6) is 5.75 Å². The van der Waals surface area contributed by atoms with Crippen LogP contribution in [0.1, 0.15) is 30.8 Å². The van der Waals surface area contributed by atoms with Gasteiger partial charge in [-0.1, -0.05) is 42.1 Å². The molecule has 0 radical (unpaired) electrons. The Balaban J connectivity index is 1.93. The molecule has 0 N–H and O–H groups in total. The Hall–Kier alpha value is -2.61. The van der Waals surface area contributed by atoms with Gasteiger partial charge in [0, 0.05) is 13.0 Å². The van der Waals surface area contributed by atoms with Gasteiger partial charge in [0.1, 0.15) is 5.75 Å². The first-order valence-electron chi connectivity index (χ1n) is 8.34. The minimum Gasteiger partial charge on any atom is -0.496 e. The van der Waals surface area contributed by atoms with E-state index in [1.165, 1.54) is 11.8 Å². The standard InChI is InChI=1S/C18H21N5O2S/c1-5-11-23-16(13-9-7-8-10-14(13)24-4)20-21-18(23)26-12(3)17-19-15(6-2)22-25-17/h5,7-10,12H,1,6,11H2,2-4H3. The van der Waals surface area contributed by atoms with Crippen molar-refractivity contribution in [1.29, 1.82) is 0 Å². The van der Waals surface area contributed by atoms with Crippen molar-refractivity contribution in [3.05, 3.63) is 48.6 Å². The monoisotopic (exact) mass is 371 g/mol. The Morgan fingerprint density at radius 2 is 2.15 bits per heavy atom. The predicted molar refractivity (Wildman–Crippen MR) is 100 cm³/mol. The van der Waals surface area contributed by atoms with Crippen LogP contribution in [0, 0.1) is 0 Å². The van der Waals surface area contributed by atoms with E-state index < -0.39 is 0 Å². The topological polar surface area (TPSA) is 78.9 Å². The summed E-state index contributed by atoms with van der Waals surface area (Å²) < 4.78 is 12.8. The Bertz CT molecular complexity index is 889. The zero-order chi connectivity index (χ0) is 18.5. The van der Waals surface area contributed by atoms with Crippen molar-refractivity contribution in [3.8, 4) is 17.1 Å². The number of allylic oxidation sites excluding steroid dienone is 1. The molecular weight excluding hydrogens is 350 g/mol. The molecule has 26 heavy (non-hydrogen) atoms. The van der Waals surface area contributed by atoms with E-state index in [4.69, 9.17) is 9.26 Å². The third kappa shape index (κ3) is 3.65. The lowest BCUT2D eigenvalue weighted by atomic mass is 10.2. The predicted octanol–water partition coefficient (Wildman–Crippen LogP) is 3.94. The lowest BCUT2D eigenvalue weighted by Crippen LogP contribution is -2.02. The summed E-state index contributed by atoms with van der Waals surface area (Å²) in [4.78, 5) is 4.40. The number of rotatable bonds is 8.